The zero-order chi connectivity index (χ0) is 65.1. The minimum absolute atomic E-state index is 0.0148. The first-order chi connectivity index (χ1) is 43.9. The number of imidazole rings is 3. The first-order valence-corrected chi connectivity index (χ1v) is 32.4. The van der Waals surface area contributed by atoms with Crippen LogP contribution in [0.1, 0.15) is 11.8 Å². The van der Waals surface area contributed by atoms with E-state index in [2.05, 4.69) is 59.8 Å². The molecule has 4 saturated heterocycles. The van der Waals surface area contributed by atoms with E-state index in [1.165, 1.54) is 62.1 Å². The smallest absolute Gasteiger partial charge is 0.394 e. The van der Waals surface area contributed by atoms with Gasteiger partial charge in [-0.3, -0.25) is 56.2 Å². The standard InChI is InChI=1S/C47H63N20O22P3/c1-78-33-22(8-65-16-57-29-39(49)55-15-56-40(29)65)84-25(32(33)69)12-82-92(76,77)89-36-26(85-23(34(36)79-2)9-66-17-58-30-41(66)60-46(50)62-43(30)70)13-83-90(72,73)87-21-7-64(5-19-4-52-28-27(19)53-14-54-38(28)48)6-20(21)11-81-91(74,75)88-35-24(10-68)86-45(37(35)80-3)67-18-59-31-42(67)61-47(51)63-44(31)71/h4,14-18,20-26,32-37,45,52,68-69H,5-13H2,1-3H3,(H,72,73)(H,74,75)(H,76,77)(H2,48,53,54)(H2,49,55,56)(H3,50,60,62,70)(H3,51,61,63,71)/t20-,21-,22+,23+,24-,25-,26-,32?,33-,34-,35?,36?,37+,45-/m1/s1. The maximum Gasteiger partial charge on any atom is 0.472 e. The molecule has 42 nitrogen and oxygen atoms in total. The average Bonchev–Trinajstić information content (AvgIpc) is 1.99. The second kappa shape index (κ2) is 26.1. The highest BCUT2D eigenvalue weighted by Crippen LogP contribution is 2.53. The van der Waals surface area contributed by atoms with Gasteiger partial charge in [-0.05, 0) is 0 Å². The Morgan fingerprint density at radius 1 is 0.598 bits per heavy atom. The summed E-state index contributed by atoms with van der Waals surface area (Å²) in [5, 5.41) is 21.7. The summed E-state index contributed by atoms with van der Waals surface area (Å²) < 4.78 is 116. The van der Waals surface area contributed by atoms with E-state index in [0.717, 1.165) is 0 Å². The Bertz CT molecular complexity index is 4270. The highest BCUT2D eigenvalue weighted by atomic mass is 31.2. The molecule has 498 valence electrons. The van der Waals surface area contributed by atoms with Gasteiger partial charge in [-0.1, -0.05) is 0 Å². The van der Waals surface area contributed by atoms with E-state index < -0.39 is 146 Å². The number of phosphoric acid groups is 3. The van der Waals surface area contributed by atoms with Crippen molar-refractivity contribution in [1.29, 1.82) is 0 Å². The molecular weight excluding hydrogens is 1290 g/mol. The van der Waals surface area contributed by atoms with Gasteiger partial charge < -0.3 is 90.4 Å². The summed E-state index contributed by atoms with van der Waals surface area (Å²) in [6.07, 6.45) is -9.04. The topological polar surface area (TPSA) is 583 Å². The highest BCUT2D eigenvalue weighted by molar-refractivity contribution is 7.48. The Labute approximate surface area is 515 Å². The molecule has 0 amide bonds. The molecule has 8 aromatic rings. The maximum atomic E-state index is 14.4. The second-order valence-electron chi connectivity index (χ2n) is 21.7. The van der Waals surface area contributed by atoms with Crippen LogP contribution in [0.3, 0.4) is 0 Å². The van der Waals surface area contributed by atoms with Crippen molar-refractivity contribution in [3.05, 3.63) is 64.1 Å². The molecular formula is C47H63N20O22P3. The van der Waals surface area contributed by atoms with Gasteiger partial charge in [0.05, 0.1) is 70.1 Å². The van der Waals surface area contributed by atoms with Gasteiger partial charge >= 0.3 is 23.5 Å². The maximum absolute atomic E-state index is 14.4. The summed E-state index contributed by atoms with van der Waals surface area (Å²) in [6, 6.07) is 0. The fraction of sp³-hybridized carbons (Fsp3) is 0.553. The van der Waals surface area contributed by atoms with Crippen LogP contribution >= 0.6 is 23.5 Å². The van der Waals surface area contributed by atoms with Gasteiger partial charge in [-0.15, -0.1) is 0 Å². The number of hydrogen-bond acceptors (Lipinski definition) is 33. The van der Waals surface area contributed by atoms with Crippen molar-refractivity contribution in [2.45, 2.75) is 99.1 Å². The molecule has 12 rings (SSSR count). The van der Waals surface area contributed by atoms with Crippen LogP contribution in [0.2, 0.25) is 0 Å². The number of ether oxygens (including phenoxy) is 6. The predicted molar refractivity (Wildman–Crippen MR) is 311 cm³/mol. The summed E-state index contributed by atoms with van der Waals surface area (Å²) >= 11 is 0. The molecule has 4 aliphatic rings. The van der Waals surface area contributed by atoms with Gasteiger partial charge in [0.25, 0.3) is 11.1 Å². The van der Waals surface area contributed by atoms with E-state index in [9.17, 15) is 48.2 Å². The molecule has 12 heterocycles. The van der Waals surface area contributed by atoms with Crippen LogP contribution in [0, 0.1) is 5.92 Å². The molecule has 0 aromatic carbocycles. The van der Waals surface area contributed by atoms with Crippen molar-refractivity contribution in [3.8, 4) is 0 Å². The number of H-pyrrole nitrogens is 3. The number of likely N-dealkylation sites (tertiary alicyclic amines) is 1. The highest BCUT2D eigenvalue weighted by Gasteiger charge is 2.54. The third kappa shape index (κ3) is 13.2. The van der Waals surface area contributed by atoms with Crippen LogP contribution in [-0.4, -0.2) is 237 Å². The molecule has 0 spiro atoms. The zero-order valence-corrected chi connectivity index (χ0v) is 51.2. The quantitative estimate of drug-likeness (QED) is 0.0243. The lowest BCUT2D eigenvalue weighted by atomic mass is 10.1. The normalized spacial score (nSPS) is 29.1. The minimum Gasteiger partial charge on any atom is -0.394 e. The Balaban J connectivity index is 0.759. The fourth-order valence-corrected chi connectivity index (χ4v) is 14.7. The largest absolute Gasteiger partial charge is 0.472 e. The van der Waals surface area contributed by atoms with E-state index in [1.54, 1.807) is 15.7 Å². The minimum atomic E-state index is -5.34. The van der Waals surface area contributed by atoms with Crippen molar-refractivity contribution in [2.24, 2.45) is 5.92 Å². The molecule has 4 fully saturated rings. The predicted octanol–water partition coefficient (Wildman–Crippen LogP) is -2.84. The van der Waals surface area contributed by atoms with Crippen LogP contribution in [-0.2, 0) is 88.9 Å². The Hall–Kier alpha value is -6.96. The molecule has 0 bridgehead atoms. The van der Waals surface area contributed by atoms with Gasteiger partial charge in [0, 0.05) is 58.6 Å². The number of aromatic nitrogens is 15. The number of aliphatic hydroxyl groups is 2. The van der Waals surface area contributed by atoms with E-state index in [-0.39, 0.29) is 78.6 Å². The monoisotopic (exact) mass is 1350 g/mol. The van der Waals surface area contributed by atoms with Crippen LogP contribution in [0.15, 0.2) is 47.4 Å². The molecule has 0 radical (unpaired) electrons. The van der Waals surface area contributed by atoms with Crippen molar-refractivity contribution >= 4 is 91.5 Å². The average molecular weight is 1350 g/mol. The first-order valence-electron chi connectivity index (χ1n) is 27.9. The van der Waals surface area contributed by atoms with Crippen molar-refractivity contribution < 1.29 is 94.2 Å². The fourth-order valence-electron chi connectivity index (χ4n) is 11.8. The molecule has 0 aliphatic carbocycles. The molecule has 6 unspecified atom stereocenters. The first kappa shape index (κ1) is 65.1. The van der Waals surface area contributed by atoms with Gasteiger partial charge in [0.1, 0.15) is 90.8 Å². The number of nitrogen functional groups attached to an aromatic ring is 4. The molecule has 4 aliphatic heterocycles. The van der Waals surface area contributed by atoms with Crippen molar-refractivity contribution in [1.82, 2.24) is 78.4 Å². The second-order valence-corrected chi connectivity index (χ2v) is 25.9. The molecule has 45 heteroatoms. The Morgan fingerprint density at radius 2 is 1.16 bits per heavy atom. The Morgan fingerprint density at radius 3 is 1.85 bits per heavy atom. The molecule has 16 N–H and O–H groups in total. The summed E-state index contributed by atoms with van der Waals surface area (Å²) in [7, 11) is -12.1. The van der Waals surface area contributed by atoms with Crippen LogP contribution in [0.25, 0.3) is 44.5 Å². The van der Waals surface area contributed by atoms with Crippen LogP contribution in [0.4, 0.5) is 23.5 Å². The SMILES string of the molecule is CO[C@H]1C(O)[C@@H](COP(=O)(O)OC2[C@@H](COP(=O)(O)O[C@@H]3CN(Cc4c[nH]c5c(N)ncnc45)C[C@@H]3COP(=O)(O)OC3[C@@H](CO)O[C@@H](n4cnc5c(=O)[nH]c(N)nc54)[C@H]3OC)O[C@@H](Cn3cnc4c(=O)[nH]c(N)nc43)[C@H]2OC)O[C@H]1Cn1cnc2c(N)ncnc21. The van der Waals surface area contributed by atoms with Crippen molar-refractivity contribution in [3.63, 3.8) is 0 Å². The van der Waals surface area contributed by atoms with E-state index >= 15 is 0 Å². The molecule has 92 heavy (non-hydrogen) atoms. The van der Waals surface area contributed by atoms with E-state index in [1.807, 2.05) is 0 Å². The molecule has 8 aromatic heterocycles. The molecule has 17 atom stereocenters. The number of nitrogens with zero attached hydrogens (tertiary/aromatic N) is 13. The van der Waals surface area contributed by atoms with Gasteiger partial charge in [-0.25, -0.2) is 48.6 Å². The third-order valence-corrected chi connectivity index (χ3v) is 19.0. The number of methoxy groups -OCH3 is 3. The number of phosphoric ester groups is 3. The number of nitrogens with two attached hydrogens (primary N) is 4. The lowest BCUT2D eigenvalue weighted by Crippen LogP contribution is -2.39. The third-order valence-electron chi connectivity index (χ3n) is 16.0. The lowest BCUT2D eigenvalue weighted by Gasteiger charge is -2.27. The number of hydrogen-bond donors (Lipinski definition) is 12. The van der Waals surface area contributed by atoms with Gasteiger partial charge in [0.2, 0.25) is 11.9 Å². The van der Waals surface area contributed by atoms with Crippen LogP contribution < -0.4 is 34.1 Å². The molecule has 0 saturated carbocycles. The van der Waals surface area contributed by atoms with E-state index in [0.29, 0.717) is 27.8 Å². The summed E-state index contributed by atoms with van der Waals surface area (Å²) in [5.74, 6) is -1.23. The number of fused-ring (bicyclic) bond motifs is 4. The number of aliphatic hydroxyl groups excluding tert-OH is 2. The summed E-state index contributed by atoms with van der Waals surface area (Å²) in [5.41, 5.74) is 24.3. The number of anilines is 4. The zero-order valence-electron chi connectivity index (χ0n) is 48.6. The number of rotatable bonds is 26. The number of nitrogens with one attached hydrogen (secondary N) is 3. The van der Waals surface area contributed by atoms with E-state index in [4.69, 9.17) is 78.5 Å². The van der Waals surface area contributed by atoms with Gasteiger partial charge in [0.15, 0.2) is 45.8 Å². The summed E-state index contributed by atoms with van der Waals surface area (Å²) in [6.45, 7) is -3.41. The van der Waals surface area contributed by atoms with Gasteiger partial charge in [-0.2, -0.15) is 9.97 Å². The van der Waals surface area contributed by atoms with Crippen LogP contribution in [0.5, 0.6) is 0 Å². The number of aromatic amines is 3. The lowest BCUT2D eigenvalue weighted by molar-refractivity contribution is -0.0583. The van der Waals surface area contributed by atoms with Crippen molar-refractivity contribution in [2.75, 3.05) is 83.8 Å². The summed E-state index contributed by atoms with van der Waals surface area (Å²) in [4.78, 5) is 107. The Kier molecular flexibility index (Phi) is 18.5.